The second-order valence-corrected chi connectivity index (χ2v) is 7.51. The minimum atomic E-state index is -0.242. The SMILES string of the molecule is Cl.O=C(c1ccc(=O)n(Cc2ccccc2)n1)N1CCCC(N2CCNCC2=O)C1. The van der Waals surface area contributed by atoms with Crippen LogP contribution in [0.25, 0.3) is 0 Å². The third kappa shape index (κ3) is 4.88. The van der Waals surface area contributed by atoms with Crippen LogP contribution in [0, 0.1) is 0 Å². The summed E-state index contributed by atoms with van der Waals surface area (Å²) in [6.45, 7) is 3.27. The molecule has 2 aliphatic heterocycles. The van der Waals surface area contributed by atoms with Crippen molar-refractivity contribution in [3.05, 3.63) is 64.1 Å². The number of hydrogen-bond acceptors (Lipinski definition) is 5. The van der Waals surface area contributed by atoms with Crippen molar-refractivity contribution in [2.45, 2.75) is 25.4 Å². The van der Waals surface area contributed by atoms with Crippen LogP contribution in [0.1, 0.15) is 28.9 Å². The Labute approximate surface area is 181 Å². The predicted molar refractivity (Wildman–Crippen MR) is 115 cm³/mol. The summed E-state index contributed by atoms with van der Waals surface area (Å²) in [6, 6.07) is 12.5. The van der Waals surface area contributed by atoms with Gasteiger partial charge < -0.3 is 15.1 Å². The molecular weight excluding hydrogens is 406 g/mol. The maximum Gasteiger partial charge on any atom is 0.274 e. The monoisotopic (exact) mass is 431 g/mol. The predicted octanol–water partition coefficient (Wildman–Crippen LogP) is 0.750. The number of piperazine rings is 1. The van der Waals surface area contributed by atoms with Gasteiger partial charge in [-0.25, -0.2) is 4.68 Å². The van der Waals surface area contributed by atoms with Crippen LogP contribution < -0.4 is 10.9 Å². The van der Waals surface area contributed by atoms with E-state index in [0.717, 1.165) is 24.9 Å². The summed E-state index contributed by atoms with van der Waals surface area (Å²) in [4.78, 5) is 41.1. The molecule has 4 rings (SSSR count). The highest BCUT2D eigenvalue weighted by molar-refractivity contribution is 5.92. The Bertz CT molecular complexity index is 949. The first kappa shape index (κ1) is 22.0. The van der Waals surface area contributed by atoms with Crippen LogP contribution in [0.3, 0.4) is 0 Å². The van der Waals surface area contributed by atoms with Crippen LogP contribution >= 0.6 is 12.4 Å². The van der Waals surface area contributed by atoms with E-state index in [2.05, 4.69) is 10.4 Å². The summed E-state index contributed by atoms with van der Waals surface area (Å²) in [6.07, 6.45) is 1.74. The number of halogens is 1. The number of carbonyl (C=O) groups excluding carboxylic acids is 2. The van der Waals surface area contributed by atoms with Gasteiger partial charge in [0.1, 0.15) is 5.69 Å². The molecule has 1 unspecified atom stereocenters. The van der Waals surface area contributed by atoms with Gasteiger partial charge >= 0.3 is 0 Å². The Balaban J connectivity index is 0.00000256. The first-order chi connectivity index (χ1) is 14.1. The van der Waals surface area contributed by atoms with Crippen LogP contribution in [0.5, 0.6) is 0 Å². The van der Waals surface area contributed by atoms with Crippen molar-refractivity contribution in [1.82, 2.24) is 24.9 Å². The minimum Gasteiger partial charge on any atom is -0.336 e. The Morgan fingerprint density at radius 3 is 2.67 bits per heavy atom. The largest absolute Gasteiger partial charge is 0.336 e. The Hall–Kier alpha value is -2.71. The lowest BCUT2D eigenvalue weighted by Gasteiger charge is -2.41. The molecule has 1 atom stereocenters. The van der Waals surface area contributed by atoms with Gasteiger partial charge in [-0.15, -0.1) is 12.4 Å². The van der Waals surface area contributed by atoms with Gasteiger partial charge in [-0.05, 0) is 24.5 Å². The molecule has 2 aliphatic rings. The average molecular weight is 432 g/mol. The van der Waals surface area contributed by atoms with Crippen molar-refractivity contribution in [1.29, 1.82) is 0 Å². The number of likely N-dealkylation sites (tertiary alicyclic amines) is 1. The third-order valence-corrected chi connectivity index (χ3v) is 5.51. The van der Waals surface area contributed by atoms with Gasteiger partial charge in [0.15, 0.2) is 0 Å². The Kier molecular flexibility index (Phi) is 7.23. The molecule has 9 heteroatoms. The van der Waals surface area contributed by atoms with E-state index < -0.39 is 0 Å². The summed E-state index contributed by atoms with van der Waals surface area (Å²) in [5, 5.41) is 7.40. The number of nitrogens with one attached hydrogen (secondary N) is 1. The zero-order chi connectivity index (χ0) is 20.2. The van der Waals surface area contributed by atoms with E-state index in [0.29, 0.717) is 32.7 Å². The average Bonchev–Trinajstić information content (AvgIpc) is 2.76. The van der Waals surface area contributed by atoms with Crippen molar-refractivity contribution in [2.75, 3.05) is 32.7 Å². The zero-order valence-electron chi connectivity index (χ0n) is 16.7. The van der Waals surface area contributed by atoms with E-state index in [4.69, 9.17) is 0 Å². The lowest BCUT2D eigenvalue weighted by Crippen LogP contribution is -2.57. The van der Waals surface area contributed by atoms with Crippen molar-refractivity contribution >= 4 is 24.2 Å². The molecule has 30 heavy (non-hydrogen) atoms. The summed E-state index contributed by atoms with van der Waals surface area (Å²) >= 11 is 0. The van der Waals surface area contributed by atoms with Crippen LogP contribution in [-0.4, -0.2) is 70.2 Å². The topological polar surface area (TPSA) is 87.5 Å². The molecule has 2 amide bonds. The molecule has 8 nitrogen and oxygen atoms in total. The highest BCUT2D eigenvalue weighted by atomic mass is 35.5. The quantitative estimate of drug-likeness (QED) is 0.771. The number of rotatable bonds is 4. The molecule has 1 aromatic carbocycles. The standard InChI is InChI=1S/C21H25N5O3.ClH/c27-19-9-8-18(23-26(19)14-16-5-2-1-3-6-16)21(29)24-11-4-7-17(15-24)25-12-10-22-13-20(25)28;/h1-3,5-6,8-9,17,22H,4,7,10-15H2;1H. The normalized spacial score (nSPS) is 19.3. The van der Waals surface area contributed by atoms with Crippen LogP contribution in [0.2, 0.25) is 0 Å². The summed E-state index contributed by atoms with van der Waals surface area (Å²) in [5.41, 5.74) is 0.961. The van der Waals surface area contributed by atoms with E-state index in [1.165, 1.54) is 16.8 Å². The summed E-state index contributed by atoms with van der Waals surface area (Å²) in [5.74, 6) is -0.107. The lowest BCUT2D eigenvalue weighted by molar-refractivity contribution is -0.135. The number of amides is 2. The fourth-order valence-corrected chi connectivity index (χ4v) is 4.00. The van der Waals surface area contributed by atoms with E-state index in [-0.39, 0.29) is 41.5 Å². The first-order valence-electron chi connectivity index (χ1n) is 10.0. The van der Waals surface area contributed by atoms with Gasteiger partial charge in [0.05, 0.1) is 13.1 Å². The molecule has 160 valence electrons. The number of hydrogen-bond donors (Lipinski definition) is 1. The maximum absolute atomic E-state index is 13.1. The number of aromatic nitrogens is 2. The van der Waals surface area contributed by atoms with Crippen LogP contribution in [0.15, 0.2) is 47.3 Å². The van der Waals surface area contributed by atoms with Gasteiger partial charge in [0.2, 0.25) is 5.91 Å². The molecule has 2 saturated heterocycles. The maximum atomic E-state index is 13.1. The number of benzene rings is 1. The molecule has 0 bridgehead atoms. The molecule has 0 aliphatic carbocycles. The second-order valence-electron chi connectivity index (χ2n) is 7.51. The van der Waals surface area contributed by atoms with E-state index >= 15 is 0 Å². The molecule has 2 aromatic rings. The van der Waals surface area contributed by atoms with Gasteiger partial charge in [0.25, 0.3) is 11.5 Å². The lowest BCUT2D eigenvalue weighted by atomic mass is 10.0. The Morgan fingerprint density at radius 2 is 1.90 bits per heavy atom. The molecule has 3 heterocycles. The van der Waals surface area contributed by atoms with E-state index in [9.17, 15) is 14.4 Å². The Morgan fingerprint density at radius 1 is 1.10 bits per heavy atom. The fourth-order valence-electron chi connectivity index (χ4n) is 4.00. The molecular formula is C21H26ClN5O3. The van der Waals surface area contributed by atoms with Gasteiger partial charge in [-0.3, -0.25) is 14.4 Å². The first-order valence-corrected chi connectivity index (χ1v) is 10.0. The summed E-state index contributed by atoms with van der Waals surface area (Å²) < 4.78 is 1.32. The van der Waals surface area contributed by atoms with E-state index in [1.807, 2.05) is 35.2 Å². The highest BCUT2D eigenvalue weighted by Crippen LogP contribution is 2.18. The second kappa shape index (κ2) is 9.86. The third-order valence-electron chi connectivity index (χ3n) is 5.51. The molecule has 0 spiro atoms. The highest BCUT2D eigenvalue weighted by Gasteiger charge is 2.32. The summed E-state index contributed by atoms with van der Waals surface area (Å²) in [7, 11) is 0. The van der Waals surface area contributed by atoms with Crippen LogP contribution in [-0.2, 0) is 11.3 Å². The minimum absolute atomic E-state index is 0. The molecule has 0 saturated carbocycles. The van der Waals surface area contributed by atoms with Gasteiger partial charge in [-0.2, -0.15) is 5.10 Å². The van der Waals surface area contributed by atoms with Gasteiger partial charge in [-0.1, -0.05) is 30.3 Å². The van der Waals surface area contributed by atoms with Crippen molar-refractivity contribution in [2.24, 2.45) is 0 Å². The zero-order valence-corrected chi connectivity index (χ0v) is 17.5. The van der Waals surface area contributed by atoms with Crippen molar-refractivity contribution in [3.63, 3.8) is 0 Å². The van der Waals surface area contributed by atoms with E-state index in [1.54, 1.807) is 4.90 Å². The molecule has 1 aromatic heterocycles. The molecule has 0 radical (unpaired) electrons. The van der Waals surface area contributed by atoms with Crippen molar-refractivity contribution in [3.8, 4) is 0 Å². The van der Waals surface area contributed by atoms with Gasteiger partial charge in [0, 0.05) is 38.3 Å². The molecule has 1 N–H and O–H groups in total. The number of piperidine rings is 1. The number of nitrogens with zero attached hydrogens (tertiary/aromatic N) is 4. The molecule has 2 fully saturated rings. The smallest absolute Gasteiger partial charge is 0.274 e. The van der Waals surface area contributed by atoms with Crippen LogP contribution in [0.4, 0.5) is 0 Å². The van der Waals surface area contributed by atoms with Crippen molar-refractivity contribution < 1.29 is 9.59 Å². The number of carbonyl (C=O) groups is 2. The fraction of sp³-hybridized carbons (Fsp3) is 0.429.